The van der Waals surface area contributed by atoms with E-state index in [0.717, 1.165) is 50.5 Å². The molecule has 29 heavy (non-hydrogen) atoms. The van der Waals surface area contributed by atoms with E-state index in [-0.39, 0.29) is 22.7 Å². The summed E-state index contributed by atoms with van der Waals surface area (Å²) in [4.78, 5) is 16.7. The van der Waals surface area contributed by atoms with Gasteiger partial charge in [0.15, 0.2) is 0 Å². The third kappa shape index (κ3) is 2.62. The van der Waals surface area contributed by atoms with Gasteiger partial charge < -0.3 is 14.7 Å². The number of hydrogen-bond donors (Lipinski definition) is 1. The van der Waals surface area contributed by atoms with Crippen LogP contribution in [0.3, 0.4) is 0 Å². The lowest BCUT2D eigenvalue weighted by Crippen LogP contribution is -2.62. The fourth-order valence-corrected chi connectivity index (χ4v) is 8.42. The summed E-state index contributed by atoms with van der Waals surface area (Å²) in [5, 5.41) is 16.5. The number of oxime groups is 1. The van der Waals surface area contributed by atoms with Crippen molar-refractivity contribution in [2.24, 2.45) is 39.7 Å². The van der Waals surface area contributed by atoms with E-state index in [1.807, 2.05) is 0 Å². The van der Waals surface area contributed by atoms with E-state index >= 15 is 0 Å². The summed E-state index contributed by atoms with van der Waals surface area (Å²) in [7, 11) is 1.64. The molecular weight excluding hydrogens is 366 g/mol. The van der Waals surface area contributed by atoms with Crippen LogP contribution in [0.25, 0.3) is 0 Å². The van der Waals surface area contributed by atoms with Crippen molar-refractivity contribution in [3.8, 4) is 0 Å². The van der Waals surface area contributed by atoms with Gasteiger partial charge in [-0.3, -0.25) is 0 Å². The van der Waals surface area contributed by atoms with Crippen LogP contribution >= 0.6 is 0 Å². The van der Waals surface area contributed by atoms with Crippen LogP contribution in [0.2, 0.25) is 0 Å². The van der Waals surface area contributed by atoms with Gasteiger partial charge in [0, 0.05) is 11.5 Å². The Labute approximate surface area is 173 Å². The Hall–Kier alpha value is -1.36. The summed E-state index contributed by atoms with van der Waals surface area (Å²) in [6.07, 6.45) is 11.3. The SMILES string of the molecule is CON=C1CC[C@]2(C)C3CC[C@]4(C)[C@@H](C5=CC(=O)OC5)CC[C@]4(O)C3CC[C@@H]2C1. The molecule has 0 aromatic heterocycles. The van der Waals surface area contributed by atoms with Crippen LogP contribution in [0.5, 0.6) is 0 Å². The van der Waals surface area contributed by atoms with Crippen molar-refractivity contribution >= 4 is 11.7 Å². The smallest absolute Gasteiger partial charge is 0.331 e. The molecule has 0 aromatic carbocycles. The molecule has 5 aliphatic rings. The number of rotatable bonds is 2. The van der Waals surface area contributed by atoms with Gasteiger partial charge in [0.25, 0.3) is 0 Å². The summed E-state index contributed by atoms with van der Waals surface area (Å²) in [6, 6.07) is 0. The van der Waals surface area contributed by atoms with Crippen molar-refractivity contribution in [3.05, 3.63) is 11.6 Å². The molecule has 7 atom stereocenters. The minimum Gasteiger partial charge on any atom is -0.458 e. The van der Waals surface area contributed by atoms with Crippen LogP contribution in [0.1, 0.15) is 71.6 Å². The molecule has 4 fully saturated rings. The van der Waals surface area contributed by atoms with Gasteiger partial charge in [0.1, 0.15) is 13.7 Å². The molecule has 0 amide bonds. The first-order valence-corrected chi connectivity index (χ1v) is 11.5. The number of carbonyl (C=O) groups excluding carboxylic acids is 1. The molecule has 0 radical (unpaired) electrons. The van der Waals surface area contributed by atoms with Crippen LogP contribution in [0.4, 0.5) is 0 Å². The van der Waals surface area contributed by atoms with Crippen molar-refractivity contribution in [2.75, 3.05) is 13.7 Å². The van der Waals surface area contributed by atoms with Gasteiger partial charge >= 0.3 is 5.97 Å². The zero-order chi connectivity index (χ0) is 20.4. The summed E-state index contributed by atoms with van der Waals surface area (Å²) in [5.41, 5.74) is 1.85. The topological polar surface area (TPSA) is 68.1 Å². The second-order valence-electron chi connectivity index (χ2n) is 10.8. The molecule has 5 nitrogen and oxygen atoms in total. The van der Waals surface area contributed by atoms with E-state index in [2.05, 4.69) is 19.0 Å². The molecule has 2 unspecified atom stereocenters. The highest BCUT2D eigenvalue weighted by molar-refractivity contribution is 5.85. The summed E-state index contributed by atoms with van der Waals surface area (Å²) < 4.78 is 5.22. The second-order valence-corrected chi connectivity index (χ2v) is 10.8. The summed E-state index contributed by atoms with van der Waals surface area (Å²) in [5.74, 6) is 1.67. The highest BCUT2D eigenvalue weighted by Crippen LogP contribution is 2.69. The van der Waals surface area contributed by atoms with E-state index in [1.165, 1.54) is 18.6 Å². The predicted octanol–water partition coefficient (Wildman–Crippen LogP) is 4.25. The zero-order valence-electron chi connectivity index (χ0n) is 18.1. The van der Waals surface area contributed by atoms with Crippen LogP contribution in [0, 0.1) is 34.5 Å². The third-order valence-electron chi connectivity index (χ3n) is 10.0. The number of fused-ring (bicyclic) bond motifs is 5. The largest absolute Gasteiger partial charge is 0.458 e. The molecule has 160 valence electrons. The summed E-state index contributed by atoms with van der Waals surface area (Å²) >= 11 is 0. The Bertz CT molecular complexity index is 775. The average molecular weight is 402 g/mol. The Morgan fingerprint density at radius 3 is 2.69 bits per heavy atom. The van der Waals surface area contributed by atoms with Gasteiger partial charge in [-0.05, 0) is 92.4 Å². The standard InChI is InChI=1S/C24H35NO4/c1-22-9-6-17(25-28-3)13-16(22)4-5-20-19(22)7-10-23(2)18(8-11-24(20,23)27)15-12-21(26)29-14-15/h12,16,18-20,27H,4-11,13-14H2,1-3H3/t16-,18-,19?,20?,22+,23-,24+/m1/s1. The van der Waals surface area contributed by atoms with E-state index in [1.54, 1.807) is 13.2 Å². The Kier molecular flexibility index (Phi) is 4.44. The van der Waals surface area contributed by atoms with Crippen molar-refractivity contribution in [1.29, 1.82) is 0 Å². The molecule has 0 aromatic rings. The van der Waals surface area contributed by atoms with E-state index in [4.69, 9.17) is 9.57 Å². The molecule has 0 saturated heterocycles. The van der Waals surface area contributed by atoms with Crippen LogP contribution in [0.15, 0.2) is 16.8 Å². The highest BCUT2D eigenvalue weighted by Gasteiger charge is 2.67. The maximum Gasteiger partial charge on any atom is 0.331 e. The van der Waals surface area contributed by atoms with Gasteiger partial charge in [0.2, 0.25) is 0 Å². The molecular formula is C24H35NO4. The van der Waals surface area contributed by atoms with Crippen LogP contribution in [-0.4, -0.2) is 36.1 Å². The Morgan fingerprint density at radius 1 is 1.14 bits per heavy atom. The lowest BCUT2D eigenvalue weighted by molar-refractivity contribution is -0.200. The Morgan fingerprint density at radius 2 is 1.97 bits per heavy atom. The fourth-order valence-electron chi connectivity index (χ4n) is 8.42. The lowest BCUT2D eigenvalue weighted by Gasteiger charge is -2.63. The van der Waals surface area contributed by atoms with E-state index < -0.39 is 5.60 Å². The molecule has 5 heteroatoms. The first-order valence-electron chi connectivity index (χ1n) is 11.5. The minimum atomic E-state index is -0.623. The van der Waals surface area contributed by atoms with Gasteiger partial charge in [0.05, 0.1) is 11.3 Å². The number of nitrogens with zero attached hydrogens (tertiary/aromatic N) is 1. The van der Waals surface area contributed by atoms with Crippen molar-refractivity contribution in [1.82, 2.24) is 0 Å². The monoisotopic (exact) mass is 401 g/mol. The molecule has 0 spiro atoms. The maximum atomic E-state index is 12.2. The summed E-state index contributed by atoms with van der Waals surface area (Å²) in [6.45, 7) is 5.20. The number of esters is 1. The number of aliphatic hydroxyl groups is 1. The number of hydrogen-bond acceptors (Lipinski definition) is 5. The normalized spacial score (nSPS) is 50.4. The molecule has 1 heterocycles. The molecule has 0 bridgehead atoms. The first kappa shape index (κ1) is 19.6. The van der Waals surface area contributed by atoms with Gasteiger partial charge in [-0.2, -0.15) is 0 Å². The quantitative estimate of drug-likeness (QED) is 0.555. The van der Waals surface area contributed by atoms with Crippen molar-refractivity contribution in [3.63, 3.8) is 0 Å². The third-order valence-corrected chi connectivity index (χ3v) is 10.0. The van der Waals surface area contributed by atoms with Crippen molar-refractivity contribution < 1.29 is 19.5 Å². The maximum absolute atomic E-state index is 12.2. The number of cyclic esters (lactones) is 1. The highest BCUT2D eigenvalue weighted by atomic mass is 16.6. The molecule has 1 N–H and O–H groups in total. The molecule has 5 rings (SSSR count). The predicted molar refractivity (Wildman–Crippen MR) is 110 cm³/mol. The fraction of sp³-hybridized carbons (Fsp3) is 0.833. The first-order chi connectivity index (χ1) is 13.8. The Balaban J connectivity index is 1.43. The lowest BCUT2D eigenvalue weighted by atomic mass is 9.43. The van der Waals surface area contributed by atoms with Gasteiger partial charge in [-0.15, -0.1) is 0 Å². The molecule has 1 aliphatic heterocycles. The molecule has 4 saturated carbocycles. The van der Waals surface area contributed by atoms with Gasteiger partial charge in [-0.1, -0.05) is 19.0 Å². The number of ether oxygens (including phenoxy) is 1. The van der Waals surface area contributed by atoms with Crippen LogP contribution < -0.4 is 0 Å². The van der Waals surface area contributed by atoms with Crippen LogP contribution in [-0.2, 0) is 14.4 Å². The molecule has 4 aliphatic carbocycles. The van der Waals surface area contributed by atoms with E-state index in [9.17, 15) is 9.90 Å². The zero-order valence-corrected chi connectivity index (χ0v) is 18.1. The average Bonchev–Trinajstić information content (AvgIpc) is 3.23. The van der Waals surface area contributed by atoms with Crippen molar-refractivity contribution in [2.45, 2.75) is 77.2 Å². The van der Waals surface area contributed by atoms with E-state index in [0.29, 0.717) is 24.4 Å². The minimum absolute atomic E-state index is 0.144. The number of carbonyl (C=O) groups is 1. The second kappa shape index (κ2) is 6.57. The van der Waals surface area contributed by atoms with Gasteiger partial charge in [-0.25, -0.2) is 4.79 Å².